The predicted molar refractivity (Wildman–Crippen MR) is 70.4 cm³/mol. The highest BCUT2D eigenvalue weighted by atomic mass is 16.2. The summed E-state index contributed by atoms with van der Waals surface area (Å²) in [4.78, 5) is 14.2. The summed E-state index contributed by atoms with van der Waals surface area (Å²) < 4.78 is 0. The Hall–Kier alpha value is -1.57. The molecule has 0 fully saturated rings. The van der Waals surface area contributed by atoms with E-state index in [0.29, 0.717) is 0 Å². The van der Waals surface area contributed by atoms with Crippen molar-refractivity contribution in [1.82, 2.24) is 4.90 Å². The van der Waals surface area contributed by atoms with Crippen LogP contribution >= 0.6 is 0 Å². The first kappa shape index (κ1) is 11.9. The van der Waals surface area contributed by atoms with E-state index >= 15 is 0 Å². The molecular weight excluding hydrogens is 210 g/mol. The van der Waals surface area contributed by atoms with Crippen LogP contribution in [0.15, 0.2) is 30.3 Å². The standard InChI is InChI=1S/C15H19NO/c1-3-5-10-16-11-12-8-6-7-9-14(12)13(4-2)15(16)17/h4,6-9H,3,5,10-11H2,1-2H3/b13-4+. The lowest BCUT2D eigenvalue weighted by atomic mass is 9.94. The molecule has 1 aromatic carbocycles. The fraction of sp³-hybridized carbons (Fsp3) is 0.400. The number of hydrogen-bond acceptors (Lipinski definition) is 1. The van der Waals surface area contributed by atoms with Gasteiger partial charge < -0.3 is 4.90 Å². The van der Waals surface area contributed by atoms with Gasteiger partial charge in [0.05, 0.1) is 0 Å². The average Bonchev–Trinajstić information content (AvgIpc) is 2.36. The third kappa shape index (κ3) is 2.26. The molecule has 0 spiro atoms. The van der Waals surface area contributed by atoms with Gasteiger partial charge in [-0.3, -0.25) is 4.79 Å². The van der Waals surface area contributed by atoms with Crippen LogP contribution < -0.4 is 0 Å². The molecule has 90 valence electrons. The lowest BCUT2D eigenvalue weighted by molar-refractivity contribution is -0.126. The summed E-state index contributed by atoms with van der Waals surface area (Å²) in [6.45, 7) is 5.71. The van der Waals surface area contributed by atoms with Crippen LogP contribution in [0.2, 0.25) is 0 Å². The summed E-state index contributed by atoms with van der Waals surface area (Å²) in [6.07, 6.45) is 4.13. The zero-order chi connectivity index (χ0) is 12.3. The first-order chi connectivity index (χ1) is 8.27. The van der Waals surface area contributed by atoms with Crippen LogP contribution in [0.3, 0.4) is 0 Å². The van der Waals surface area contributed by atoms with Crippen molar-refractivity contribution in [2.75, 3.05) is 6.54 Å². The molecule has 0 atom stereocenters. The molecule has 0 aromatic heterocycles. The zero-order valence-electron chi connectivity index (χ0n) is 10.6. The Kier molecular flexibility index (Phi) is 3.62. The van der Waals surface area contributed by atoms with Crippen molar-refractivity contribution in [3.8, 4) is 0 Å². The number of rotatable bonds is 3. The van der Waals surface area contributed by atoms with E-state index in [1.54, 1.807) is 0 Å². The number of hydrogen-bond donors (Lipinski definition) is 0. The average molecular weight is 229 g/mol. The predicted octanol–water partition coefficient (Wildman–Crippen LogP) is 3.23. The first-order valence-electron chi connectivity index (χ1n) is 6.31. The SMILES string of the molecule is C/C=C1/C(=O)N(CCCC)Cc2ccccc21. The van der Waals surface area contributed by atoms with Gasteiger partial charge in [-0.15, -0.1) is 0 Å². The lowest BCUT2D eigenvalue weighted by Gasteiger charge is -2.30. The highest BCUT2D eigenvalue weighted by molar-refractivity contribution is 6.20. The molecule has 0 bridgehead atoms. The van der Waals surface area contributed by atoms with Crippen molar-refractivity contribution in [3.63, 3.8) is 0 Å². The van der Waals surface area contributed by atoms with Crippen molar-refractivity contribution in [2.24, 2.45) is 0 Å². The number of fused-ring (bicyclic) bond motifs is 1. The van der Waals surface area contributed by atoms with E-state index in [-0.39, 0.29) is 5.91 Å². The summed E-state index contributed by atoms with van der Waals surface area (Å²) in [6, 6.07) is 8.20. The molecule has 0 saturated carbocycles. The van der Waals surface area contributed by atoms with Gasteiger partial charge in [0.25, 0.3) is 5.91 Å². The van der Waals surface area contributed by atoms with Crippen molar-refractivity contribution in [1.29, 1.82) is 0 Å². The maximum absolute atomic E-state index is 12.3. The minimum absolute atomic E-state index is 0.180. The van der Waals surface area contributed by atoms with E-state index in [1.165, 1.54) is 5.56 Å². The smallest absolute Gasteiger partial charge is 0.254 e. The number of carbonyl (C=O) groups excluding carboxylic acids is 1. The van der Waals surface area contributed by atoms with Crippen LogP contribution in [0, 0.1) is 0 Å². The minimum Gasteiger partial charge on any atom is -0.334 e. The maximum Gasteiger partial charge on any atom is 0.254 e. The van der Waals surface area contributed by atoms with E-state index in [1.807, 2.05) is 36.1 Å². The van der Waals surface area contributed by atoms with E-state index < -0.39 is 0 Å². The van der Waals surface area contributed by atoms with Crippen molar-refractivity contribution in [3.05, 3.63) is 41.5 Å². The molecule has 0 N–H and O–H groups in total. The fourth-order valence-electron chi connectivity index (χ4n) is 2.29. The summed E-state index contributed by atoms with van der Waals surface area (Å²) in [5.74, 6) is 0.180. The summed E-state index contributed by atoms with van der Waals surface area (Å²) in [5.41, 5.74) is 3.21. The highest BCUT2D eigenvalue weighted by Crippen LogP contribution is 2.28. The second-order valence-corrected chi connectivity index (χ2v) is 4.44. The van der Waals surface area contributed by atoms with Gasteiger partial charge in [-0.1, -0.05) is 43.7 Å². The van der Waals surface area contributed by atoms with Crippen molar-refractivity contribution < 1.29 is 4.79 Å². The number of amides is 1. The van der Waals surface area contributed by atoms with Crippen LogP contribution in [0.25, 0.3) is 5.57 Å². The number of unbranched alkanes of at least 4 members (excludes halogenated alkanes) is 1. The number of carbonyl (C=O) groups is 1. The van der Waals surface area contributed by atoms with Gasteiger partial charge in [0, 0.05) is 18.7 Å². The molecule has 1 aromatic rings. The monoisotopic (exact) mass is 229 g/mol. The largest absolute Gasteiger partial charge is 0.334 e. The van der Waals surface area contributed by atoms with Crippen molar-refractivity contribution >= 4 is 11.5 Å². The quantitative estimate of drug-likeness (QED) is 0.729. The van der Waals surface area contributed by atoms with Gasteiger partial charge in [-0.2, -0.15) is 0 Å². The van der Waals surface area contributed by atoms with Crippen LogP contribution in [-0.4, -0.2) is 17.4 Å². The molecular formula is C15H19NO. The number of allylic oxidation sites excluding steroid dienone is 1. The van der Waals surface area contributed by atoms with E-state index in [4.69, 9.17) is 0 Å². The van der Waals surface area contributed by atoms with E-state index in [2.05, 4.69) is 13.0 Å². The van der Waals surface area contributed by atoms with Gasteiger partial charge in [-0.25, -0.2) is 0 Å². The van der Waals surface area contributed by atoms with Gasteiger partial charge in [0.2, 0.25) is 0 Å². The summed E-state index contributed by atoms with van der Waals surface area (Å²) in [5, 5.41) is 0. The molecule has 1 aliphatic rings. The van der Waals surface area contributed by atoms with E-state index in [9.17, 15) is 4.79 Å². The van der Waals surface area contributed by atoms with Gasteiger partial charge >= 0.3 is 0 Å². The zero-order valence-corrected chi connectivity index (χ0v) is 10.6. The Balaban J connectivity index is 2.32. The minimum atomic E-state index is 0.180. The lowest BCUT2D eigenvalue weighted by Crippen LogP contribution is -2.36. The molecule has 0 aliphatic carbocycles. The Morgan fingerprint density at radius 3 is 2.82 bits per heavy atom. The molecule has 0 radical (unpaired) electrons. The van der Waals surface area contributed by atoms with Crippen LogP contribution in [-0.2, 0) is 11.3 Å². The molecule has 2 nitrogen and oxygen atoms in total. The van der Waals surface area contributed by atoms with Crippen molar-refractivity contribution in [2.45, 2.75) is 33.2 Å². The Labute approximate surface area is 103 Å². The van der Waals surface area contributed by atoms with Gasteiger partial charge in [0.1, 0.15) is 0 Å². The molecule has 2 rings (SSSR count). The number of nitrogens with zero attached hydrogens (tertiary/aromatic N) is 1. The Morgan fingerprint density at radius 1 is 1.35 bits per heavy atom. The number of benzene rings is 1. The van der Waals surface area contributed by atoms with Crippen LogP contribution in [0.1, 0.15) is 37.8 Å². The molecule has 1 amide bonds. The maximum atomic E-state index is 12.3. The molecule has 2 heteroatoms. The topological polar surface area (TPSA) is 20.3 Å². The fourth-order valence-corrected chi connectivity index (χ4v) is 2.29. The highest BCUT2D eigenvalue weighted by Gasteiger charge is 2.26. The third-order valence-corrected chi connectivity index (χ3v) is 3.26. The molecule has 1 aliphatic heterocycles. The van der Waals surface area contributed by atoms with Crippen LogP contribution in [0.4, 0.5) is 0 Å². The second-order valence-electron chi connectivity index (χ2n) is 4.44. The van der Waals surface area contributed by atoms with Crippen LogP contribution in [0.5, 0.6) is 0 Å². The summed E-state index contributed by atoms with van der Waals surface area (Å²) >= 11 is 0. The normalized spacial score (nSPS) is 17.4. The Bertz CT molecular complexity index is 448. The van der Waals surface area contributed by atoms with Gasteiger partial charge in [0.15, 0.2) is 0 Å². The third-order valence-electron chi connectivity index (χ3n) is 3.26. The molecule has 1 heterocycles. The van der Waals surface area contributed by atoms with E-state index in [0.717, 1.165) is 37.1 Å². The summed E-state index contributed by atoms with van der Waals surface area (Å²) in [7, 11) is 0. The first-order valence-corrected chi connectivity index (χ1v) is 6.31. The molecule has 0 saturated heterocycles. The molecule has 17 heavy (non-hydrogen) atoms. The Morgan fingerprint density at radius 2 is 2.12 bits per heavy atom. The second kappa shape index (κ2) is 5.17. The van der Waals surface area contributed by atoms with Gasteiger partial charge in [-0.05, 0) is 24.5 Å². The molecule has 0 unspecified atom stereocenters.